The molecule has 9 aliphatic rings. The maximum Gasteiger partial charge on any atom is 0.348 e. The van der Waals surface area contributed by atoms with Gasteiger partial charge >= 0.3 is 41.8 Å². The van der Waals surface area contributed by atoms with Crippen molar-refractivity contribution < 1.29 is 207 Å². The van der Waals surface area contributed by atoms with Gasteiger partial charge in [-0.3, -0.25) is 9.59 Å². The zero-order valence-corrected chi connectivity index (χ0v) is 56.4. The van der Waals surface area contributed by atoms with Gasteiger partial charge in [0.2, 0.25) is 6.10 Å². The Morgan fingerprint density at radius 2 is 0.991 bits per heavy atom. The van der Waals surface area contributed by atoms with E-state index in [-0.39, 0.29) is 50.9 Å². The van der Waals surface area contributed by atoms with Gasteiger partial charge in [0.05, 0.1) is 61.4 Å². The first kappa shape index (κ1) is 84.7. The number of carbonyl (C=O) groups excluding carboxylic acids is 4. The number of allylic oxidation sites excluding steroid dienone is 2. The fraction of sp³-hybridized carbons (Fsp3) is 0.828. The second kappa shape index (κ2) is 37.1. The summed E-state index contributed by atoms with van der Waals surface area (Å²) in [7, 11) is 0. The Hall–Kier alpha value is -5.35. The quantitative estimate of drug-likeness (QED) is 0.0126. The van der Waals surface area contributed by atoms with Crippen LogP contribution < -0.4 is 0 Å². The predicted octanol–water partition coefficient (Wildman–Crippen LogP) is -11.3. The second-order valence-electron chi connectivity index (χ2n) is 28.2. The van der Waals surface area contributed by atoms with E-state index in [1.165, 1.54) is 12.2 Å². The smallest absolute Gasteiger partial charge is 0.348 e. The molecule has 0 aromatic rings. The Labute approximate surface area is 600 Å². The number of aliphatic carboxylic acids is 3. The summed E-state index contributed by atoms with van der Waals surface area (Å²) in [5.74, 6) is -14.6. The number of fused-ring (bicyclic) bond motifs is 1. The normalized spacial score (nSPS) is 45.0. The number of ether oxygens (including phenoxy) is 13. The van der Waals surface area contributed by atoms with Gasteiger partial charge < -0.3 is 174 Å². The second-order valence-corrected chi connectivity index (χ2v) is 28.2. The molecule has 42 heteroatoms. The van der Waals surface area contributed by atoms with E-state index in [1.807, 2.05) is 0 Å². The Balaban J connectivity index is 1.01. The molecule has 42 nitrogen and oxygen atoms in total. The maximum absolute atomic E-state index is 13.6. The number of aliphatic hydroxyl groups excluding tert-OH is 19. The first-order valence-electron chi connectivity index (χ1n) is 34.6. The third-order valence-corrected chi connectivity index (χ3v) is 20.8. The molecule has 0 spiro atoms. The molecule has 0 radical (unpaired) electrons. The average Bonchev–Trinajstić information content (AvgIpc) is 0.763. The number of aliphatic hydroxyl groups is 21. The van der Waals surface area contributed by atoms with Gasteiger partial charge in [0.15, 0.2) is 55.7 Å². The third kappa shape index (κ3) is 20.4. The molecule has 38 atom stereocenters. The van der Waals surface area contributed by atoms with Crippen LogP contribution in [0.2, 0.25) is 0 Å². The van der Waals surface area contributed by atoms with E-state index in [4.69, 9.17) is 61.9 Å². The van der Waals surface area contributed by atoms with Crippen molar-refractivity contribution in [2.45, 2.75) is 285 Å². The average molecular weight is 1540 g/mol. The van der Waals surface area contributed by atoms with Gasteiger partial charge in [-0.15, -0.1) is 0 Å². The molecule has 106 heavy (non-hydrogen) atoms. The monoisotopic (exact) mass is 1540 g/mol. The molecule has 0 aromatic heterocycles. The Kier molecular flexibility index (Phi) is 29.6. The van der Waals surface area contributed by atoms with Crippen molar-refractivity contribution in [1.82, 2.24) is 0 Å². The molecule has 4 aliphatic carbocycles. The molecule has 0 aromatic carbocycles. The molecule has 0 bridgehead atoms. The lowest BCUT2D eigenvalue weighted by molar-refractivity contribution is -0.389. The van der Waals surface area contributed by atoms with E-state index < -0.39 is 307 Å². The summed E-state index contributed by atoms with van der Waals surface area (Å²) in [6, 6.07) is 0. The molecule has 602 valence electrons. The number of rotatable bonds is 26. The van der Waals surface area contributed by atoms with Gasteiger partial charge in [-0.25, -0.2) is 24.0 Å². The van der Waals surface area contributed by atoms with Crippen LogP contribution in [0.15, 0.2) is 24.3 Å². The summed E-state index contributed by atoms with van der Waals surface area (Å²) in [6.45, 7) is -2.96. The molecule has 23 N–H and O–H groups in total. The summed E-state index contributed by atoms with van der Waals surface area (Å²) in [4.78, 5) is 87.4. The molecule has 5 saturated heterocycles. The number of esters is 4. The maximum atomic E-state index is 13.6. The summed E-state index contributed by atoms with van der Waals surface area (Å²) >= 11 is 0. The number of carboxylic acids is 3. The minimum Gasteiger partial charge on any atom is -0.479 e. The number of hydrogen-bond donors (Lipinski definition) is 22. The van der Waals surface area contributed by atoms with Crippen molar-refractivity contribution >= 4 is 41.8 Å². The van der Waals surface area contributed by atoms with Crippen LogP contribution in [-0.4, -0.2) is 387 Å². The summed E-state index contributed by atoms with van der Waals surface area (Å²) < 4.78 is 73.9. The van der Waals surface area contributed by atoms with Crippen molar-refractivity contribution in [2.75, 3.05) is 19.8 Å². The Morgan fingerprint density at radius 3 is 1.58 bits per heavy atom. The summed E-state index contributed by atoms with van der Waals surface area (Å²) in [5, 5.41) is 236. The fourth-order valence-electron chi connectivity index (χ4n) is 14.8. The van der Waals surface area contributed by atoms with Gasteiger partial charge in [0.1, 0.15) is 117 Å². The van der Waals surface area contributed by atoms with E-state index >= 15 is 0 Å². The SMILES string of the molecule is O=C(C=CC1CCC(O)C(O)C1)OCC1OC(OC2CC(O)C3CC(OC4OC(COC(=O)CC(=O)OC(C(=O)O)C(O)C(=O)O)C(O)C(O)C4OC4OC(CO)C(O)C(O)C4OC(=O)C=CC4CCC(O)C(O)C4)C(C4CC(O)C(O)C(OC5OC(C(=O)O)C(O)C(O)C5O)C4)[OH+]C3C2)C(O)C(O)C1O. The minimum atomic E-state index is -2.82. The standard InChI is InChI=1S/C64H94O42/c65-17-34-42(77)47(82)56(103-38(73)8-4-21-2-6-26(67)29(70)10-21)64(100-34)106-57-48(83)44(79)36(19-95-39(74)16-40(75)104-55(60(92)93)52(87)58(88)89)102-63(57)99-33-15-24-27(68)13-23(96-61-50(85)45(80)43(78)35(101-61)18-94-37(72)7-3-20-1-5-25(66)28(69)9-20)14-31(24)97-53(33)22-11-30(71)41(76)32(12-22)98-62-51(86)46(81)49(84)54(105-62)59(90)91/h3-4,7-8,20-36,41-57,61-71,76-87H,1-2,5-6,9-19H2,(H,88,89)(H,90,91)(H,92,93)/p+1. The van der Waals surface area contributed by atoms with Crippen molar-refractivity contribution in [3.63, 3.8) is 0 Å². The summed E-state index contributed by atoms with van der Waals surface area (Å²) in [6.07, 6.45) is -61.1. The Morgan fingerprint density at radius 1 is 0.453 bits per heavy atom. The van der Waals surface area contributed by atoms with E-state index in [1.54, 1.807) is 0 Å². The van der Waals surface area contributed by atoms with E-state index in [2.05, 4.69) is 4.74 Å². The molecular formula is C64H95O42+. The van der Waals surface area contributed by atoms with Gasteiger partial charge in [0, 0.05) is 30.9 Å². The lowest BCUT2D eigenvalue weighted by Crippen LogP contribution is -2.66. The van der Waals surface area contributed by atoms with Crippen LogP contribution in [0.4, 0.5) is 0 Å². The van der Waals surface area contributed by atoms with E-state index in [0.29, 0.717) is 12.8 Å². The van der Waals surface area contributed by atoms with Gasteiger partial charge in [-0.2, -0.15) is 0 Å². The predicted molar refractivity (Wildman–Crippen MR) is 331 cm³/mol. The molecule has 0 amide bonds. The summed E-state index contributed by atoms with van der Waals surface area (Å²) in [5.41, 5.74) is 0. The van der Waals surface area contributed by atoms with Crippen LogP contribution in [0.25, 0.3) is 0 Å². The topological polar surface area (TPSA) is 688 Å². The Bertz CT molecular complexity index is 3020. The van der Waals surface area contributed by atoms with Gasteiger partial charge in [-0.05, 0) is 69.6 Å². The largest absolute Gasteiger partial charge is 0.479 e. The van der Waals surface area contributed by atoms with Crippen LogP contribution in [0.5, 0.6) is 0 Å². The molecule has 38 unspecified atom stereocenters. The first-order chi connectivity index (χ1) is 50.0. The number of carbonyl (C=O) groups is 7. The highest BCUT2D eigenvalue weighted by atomic mass is 16.8. The highest BCUT2D eigenvalue weighted by Crippen LogP contribution is 2.45. The molecule has 9 rings (SSSR count). The molecule has 9 fully saturated rings. The highest BCUT2D eigenvalue weighted by Gasteiger charge is 2.60. The zero-order valence-electron chi connectivity index (χ0n) is 56.4. The zero-order chi connectivity index (χ0) is 77.6. The molecular weight excluding hydrogens is 1440 g/mol. The van der Waals surface area contributed by atoms with Crippen LogP contribution in [0.1, 0.15) is 77.0 Å². The minimum absolute atomic E-state index is 0.0183. The van der Waals surface area contributed by atoms with Crippen LogP contribution in [-0.2, 0) is 90.4 Å². The van der Waals surface area contributed by atoms with E-state index in [9.17, 15) is 141 Å². The van der Waals surface area contributed by atoms with Crippen molar-refractivity contribution in [3.8, 4) is 0 Å². The lowest BCUT2D eigenvalue weighted by atomic mass is 9.72. The third-order valence-electron chi connectivity index (χ3n) is 20.8. The number of carboxylic acid groups (broad SMARTS) is 3. The molecule has 5 heterocycles. The van der Waals surface area contributed by atoms with Gasteiger partial charge in [-0.1, -0.05) is 12.2 Å². The number of hydrogen-bond acceptors (Lipinski definition) is 38. The van der Waals surface area contributed by atoms with Crippen molar-refractivity contribution in [1.29, 1.82) is 0 Å². The fourth-order valence-corrected chi connectivity index (χ4v) is 14.8. The lowest BCUT2D eigenvalue weighted by Gasteiger charge is -2.51. The molecule has 4 saturated carbocycles. The van der Waals surface area contributed by atoms with E-state index in [0.717, 1.165) is 12.2 Å². The molecule has 5 aliphatic heterocycles. The van der Waals surface area contributed by atoms with Crippen LogP contribution in [0, 0.1) is 23.7 Å². The van der Waals surface area contributed by atoms with Crippen molar-refractivity contribution in [3.05, 3.63) is 24.3 Å². The van der Waals surface area contributed by atoms with Crippen LogP contribution >= 0.6 is 0 Å². The van der Waals surface area contributed by atoms with Crippen LogP contribution in [0.3, 0.4) is 0 Å². The first-order valence-corrected chi connectivity index (χ1v) is 34.6. The van der Waals surface area contributed by atoms with Crippen molar-refractivity contribution in [2.24, 2.45) is 23.7 Å². The van der Waals surface area contributed by atoms with Gasteiger partial charge in [0.25, 0.3) is 0 Å². The highest BCUT2D eigenvalue weighted by molar-refractivity contribution is 5.93.